The van der Waals surface area contributed by atoms with Gasteiger partial charge in [0.1, 0.15) is 5.69 Å². The number of rotatable bonds is 6. The molecule has 3 heterocycles. The fourth-order valence-electron chi connectivity index (χ4n) is 1.95. The van der Waals surface area contributed by atoms with Gasteiger partial charge >= 0.3 is 0 Å². The third-order valence-corrected chi connectivity index (χ3v) is 3.88. The lowest BCUT2D eigenvalue weighted by atomic mass is 10.2. The number of aliphatic hydroxyl groups excluding tert-OH is 1. The summed E-state index contributed by atoms with van der Waals surface area (Å²) in [5, 5.41) is 22.7. The molecule has 6 nitrogen and oxygen atoms in total. The molecular formula is C15H15N5OS. The molecular weight excluding hydrogens is 298 g/mol. The van der Waals surface area contributed by atoms with Gasteiger partial charge in [0.2, 0.25) is 0 Å². The molecule has 0 bridgehead atoms. The number of aliphatic hydroxyl groups is 1. The standard InChI is InChI=1S/C15H15N5OS/c21-9-2-6-17-15-13(11-4-7-16-8-5-11)19-20-14(18-15)12-3-1-10-22-12/h1,3-5,7-8,10,21H,2,6,9H2,(H,17,18,20). The molecule has 2 N–H and O–H groups in total. The lowest BCUT2D eigenvalue weighted by Crippen LogP contribution is -2.09. The molecule has 3 aromatic heterocycles. The lowest BCUT2D eigenvalue weighted by molar-refractivity contribution is 0.292. The maximum Gasteiger partial charge on any atom is 0.193 e. The Morgan fingerprint density at radius 2 is 2.00 bits per heavy atom. The van der Waals surface area contributed by atoms with Crippen molar-refractivity contribution in [2.75, 3.05) is 18.5 Å². The van der Waals surface area contributed by atoms with Crippen LogP contribution in [0, 0.1) is 0 Å². The van der Waals surface area contributed by atoms with E-state index in [4.69, 9.17) is 5.11 Å². The Kier molecular flexibility index (Phi) is 4.67. The van der Waals surface area contributed by atoms with Gasteiger partial charge in [0.15, 0.2) is 11.6 Å². The molecule has 0 unspecified atom stereocenters. The van der Waals surface area contributed by atoms with Crippen LogP contribution in [0.5, 0.6) is 0 Å². The molecule has 0 atom stereocenters. The highest BCUT2D eigenvalue weighted by Crippen LogP contribution is 2.27. The number of thiophene rings is 1. The van der Waals surface area contributed by atoms with E-state index in [0.29, 0.717) is 30.3 Å². The zero-order chi connectivity index (χ0) is 15.2. The molecule has 0 amide bonds. The summed E-state index contributed by atoms with van der Waals surface area (Å²) in [7, 11) is 0. The van der Waals surface area contributed by atoms with Gasteiger partial charge in [0.05, 0.1) is 4.88 Å². The molecule has 0 aliphatic carbocycles. The van der Waals surface area contributed by atoms with Crippen molar-refractivity contribution in [3.05, 3.63) is 42.0 Å². The SMILES string of the molecule is OCCCNc1nc(-c2cccs2)nnc1-c1ccncc1. The van der Waals surface area contributed by atoms with Gasteiger partial charge in [-0.3, -0.25) is 4.98 Å². The van der Waals surface area contributed by atoms with Crippen molar-refractivity contribution < 1.29 is 5.11 Å². The molecule has 0 saturated heterocycles. The first-order valence-electron chi connectivity index (χ1n) is 6.92. The largest absolute Gasteiger partial charge is 0.396 e. The average Bonchev–Trinajstić information content (AvgIpc) is 3.10. The van der Waals surface area contributed by atoms with Crippen LogP contribution in [0.4, 0.5) is 5.82 Å². The minimum Gasteiger partial charge on any atom is -0.396 e. The van der Waals surface area contributed by atoms with E-state index >= 15 is 0 Å². The second-order valence-electron chi connectivity index (χ2n) is 4.55. The Bertz CT molecular complexity index is 718. The van der Waals surface area contributed by atoms with E-state index in [1.807, 2.05) is 29.6 Å². The van der Waals surface area contributed by atoms with Gasteiger partial charge in [0, 0.05) is 31.1 Å². The minimum absolute atomic E-state index is 0.133. The minimum atomic E-state index is 0.133. The van der Waals surface area contributed by atoms with E-state index < -0.39 is 0 Å². The first-order valence-corrected chi connectivity index (χ1v) is 7.80. The molecule has 0 saturated carbocycles. The van der Waals surface area contributed by atoms with Crippen LogP contribution < -0.4 is 5.32 Å². The first kappa shape index (κ1) is 14.6. The molecule has 0 aliphatic heterocycles. The second kappa shape index (κ2) is 7.06. The van der Waals surface area contributed by atoms with Gasteiger partial charge in [-0.1, -0.05) is 6.07 Å². The fraction of sp³-hybridized carbons (Fsp3) is 0.200. The number of aromatic nitrogens is 4. The van der Waals surface area contributed by atoms with Crippen molar-refractivity contribution in [3.63, 3.8) is 0 Å². The van der Waals surface area contributed by atoms with Crippen LogP contribution in [0.25, 0.3) is 22.0 Å². The Hall–Kier alpha value is -2.38. The van der Waals surface area contributed by atoms with Crippen molar-refractivity contribution >= 4 is 17.2 Å². The molecule has 3 rings (SSSR count). The summed E-state index contributed by atoms with van der Waals surface area (Å²) in [6, 6.07) is 7.66. The molecule has 0 fully saturated rings. The summed E-state index contributed by atoms with van der Waals surface area (Å²) < 4.78 is 0. The van der Waals surface area contributed by atoms with Crippen LogP contribution in [0.2, 0.25) is 0 Å². The van der Waals surface area contributed by atoms with Crippen molar-refractivity contribution in [2.45, 2.75) is 6.42 Å². The second-order valence-corrected chi connectivity index (χ2v) is 5.50. The molecule has 7 heteroatoms. The van der Waals surface area contributed by atoms with Gasteiger partial charge in [-0.05, 0) is 30.0 Å². The third-order valence-electron chi connectivity index (χ3n) is 3.01. The van der Waals surface area contributed by atoms with Crippen LogP contribution >= 0.6 is 11.3 Å². The van der Waals surface area contributed by atoms with Crippen molar-refractivity contribution in [3.8, 4) is 22.0 Å². The summed E-state index contributed by atoms with van der Waals surface area (Å²) >= 11 is 1.57. The van der Waals surface area contributed by atoms with Gasteiger partial charge < -0.3 is 10.4 Å². The van der Waals surface area contributed by atoms with Crippen LogP contribution in [0.3, 0.4) is 0 Å². The summed E-state index contributed by atoms with van der Waals surface area (Å²) in [6.45, 7) is 0.755. The lowest BCUT2D eigenvalue weighted by Gasteiger charge is -2.10. The van der Waals surface area contributed by atoms with Crippen molar-refractivity contribution in [2.24, 2.45) is 0 Å². The predicted octanol–water partition coefficient (Wildman–Crippen LogP) is 2.46. The molecule has 0 radical (unpaired) electrons. The van der Waals surface area contributed by atoms with Gasteiger partial charge in [0.25, 0.3) is 0 Å². The molecule has 0 spiro atoms. The zero-order valence-corrected chi connectivity index (χ0v) is 12.6. The first-order chi connectivity index (χ1) is 10.9. The number of anilines is 1. The van der Waals surface area contributed by atoms with Crippen LogP contribution in [0.15, 0.2) is 42.0 Å². The third kappa shape index (κ3) is 3.26. The number of hydrogen-bond acceptors (Lipinski definition) is 7. The summed E-state index contributed by atoms with van der Waals surface area (Å²) in [5.41, 5.74) is 1.58. The fourth-order valence-corrected chi connectivity index (χ4v) is 2.60. The Labute approximate surface area is 131 Å². The number of nitrogens with zero attached hydrogens (tertiary/aromatic N) is 4. The number of nitrogens with one attached hydrogen (secondary N) is 1. The average molecular weight is 313 g/mol. The quantitative estimate of drug-likeness (QED) is 0.680. The van der Waals surface area contributed by atoms with Crippen molar-refractivity contribution in [1.29, 1.82) is 0 Å². The van der Waals surface area contributed by atoms with E-state index in [1.54, 1.807) is 23.7 Å². The summed E-state index contributed by atoms with van der Waals surface area (Å²) in [5.74, 6) is 1.26. The van der Waals surface area contributed by atoms with Gasteiger partial charge in [-0.25, -0.2) is 4.98 Å². The smallest absolute Gasteiger partial charge is 0.193 e. The summed E-state index contributed by atoms with van der Waals surface area (Å²) in [6.07, 6.45) is 4.07. The predicted molar refractivity (Wildman–Crippen MR) is 86.6 cm³/mol. The van der Waals surface area contributed by atoms with Gasteiger partial charge in [-0.2, -0.15) is 0 Å². The maximum atomic E-state index is 8.94. The molecule has 0 aromatic carbocycles. The molecule has 112 valence electrons. The Morgan fingerprint density at radius 3 is 2.73 bits per heavy atom. The summed E-state index contributed by atoms with van der Waals surface area (Å²) in [4.78, 5) is 9.57. The Morgan fingerprint density at radius 1 is 1.14 bits per heavy atom. The Balaban J connectivity index is 1.98. The van der Waals surface area contributed by atoms with E-state index in [-0.39, 0.29) is 6.61 Å². The van der Waals surface area contributed by atoms with Gasteiger partial charge in [-0.15, -0.1) is 21.5 Å². The molecule has 0 aliphatic rings. The monoisotopic (exact) mass is 313 g/mol. The van der Waals surface area contributed by atoms with E-state index in [1.165, 1.54) is 0 Å². The van der Waals surface area contributed by atoms with Crippen LogP contribution in [-0.4, -0.2) is 38.4 Å². The zero-order valence-electron chi connectivity index (χ0n) is 11.8. The number of hydrogen-bond donors (Lipinski definition) is 2. The topological polar surface area (TPSA) is 83.8 Å². The van der Waals surface area contributed by atoms with E-state index in [2.05, 4.69) is 25.5 Å². The van der Waals surface area contributed by atoms with E-state index in [9.17, 15) is 0 Å². The van der Waals surface area contributed by atoms with Crippen LogP contribution in [0.1, 0.15) is 6.42 Å². The highest BCUT2D eigenvalue weighted by atomic mass is 32.1. The maximum absolute atomic E-state index is 8.94. The highest BCUT2D eigenvalue weighted by molar-refractivity contribution is 7.13. The normalized spacial score (nSPS) is 10.6. The molecule has 3 aromatic rings. The molecule has 22 heavy (non-hydrogen) atoms. The highest BCUT2D eigenvalue weighted by Gasteiger charge is 2.12. The van der Waals surface area contributed by atoms with Crippen molar-refractivity contribution in [1.82, 2.24) is 20.2 Å². The van der Waals surface area contributed by atoms with Crippen LogP contribution in [-0.2, 0) is 0 Å². The van der Waals surface area contributed by atoms with E-state index in [0.717, 1.165) is 10.4 Å². The number of pyridine rings is 1.